The molecule has 1 N–H and O–H groups in total. The molecule has 0 bridgehead atoms. The third-order valence-corrected chi connectivity index (χ3v) is 3.29. The van der Waals surface area contributed by atoms with Gasteiger partial charge in [0, 0.05) is 36.9 Å². The summed E-state index contributed by atoms with van der Waals surface area (Å²) >= 11 is 6.83. The van der Waals surface area contributed by atoms with Crippen LogP contribution in [0, 0.1) is 0 Å². The lowest BCUT2D eigenvalue weighted by Gasteiger charge is -2.06. The highest BCUT2D eigenvalue weighted by atomic mass is 79.9. The highest BCUT2D eigenvalue weighted by molar-refractivity contribution is 9.11. The first kappa shape index (κ1) is 12.6. The van der Waals surface area contributed by atoms with Crippen LogP contribution in [0.15, 0.2) is 33.5 Å². The van der Waals surface area contributed by atoms with Crippen molar-refractivity contribution < 1.29 is 0 Å². The third-order valence-electron chi connectivity index (χ3n) is 2.25. The van der Waals surface area contributed by atoms with Crippen molar-refractivity contribution in [2.24, 2.45) is 7.05 Å². The van der Waals surface area contributed by atoms with Crippen molar-refractivity contribution >= 4 is 37.7 Å². The molecule has 0 spiro atoms. The monoisotopic (exact) mass is 358 g/mol. The number of aryl methyl sites for hydroxylation is 1. The lowest BCUT2D eigenvalue weighted by molar-refractivity contribution is 0.742. The average molecular weight is 360 g/mol. The second-order valence-electron chi connectivity index (χ2n) is 3.64. The van der Waals surface area contributed by atoms with Crippen LogP contribution in [-0.4, -0.2) is 21.3 Å². The lowest BCUT2D eigenvalue weighted by Crippen LogP contribution is -2.07. The Balaban J connectivity index is 1.90. The maximum absolute atomic E-state index is 4.32. The van der Waals surface area contributed by atoms with Gasteiger partial charge in [-0.3, -0.25) is 4.68 Å². The van der Waals surface area contributed by atoms with Gasteiger partial charge in [0.05, 0.1) is 10.2 Å². The molecule has 0 aliphatic carbocycles. The number of nitrogens with zero attached hydrogens (tertiary/aromatic N) is 3. The molecule has 0 radical (unpaired) electrons. The van der Waals surface area contributed by atoms with Crippen LogP contribution in [0.1, 0.15) is 5.69 Å². The maximum atomic E-state index is 4.32. The summed E-state index contributed by atoms with van der Waals surface area (Å²) in [5.74, 6) is 0.851. The zero-order chi connectivity index (χ0) is 12.3. The van der Waals surface area contributed by atoms with E-state index in [1.54, 1.807) is 6.20 Å². The van der Waals surface area contributed by atoms with Gasteiger partial charge in [0.15, 0.2) is 0 Å². The molecule has 0 saturated heterocycles. The van der Waals surface area contributed by atoms with E-state index in [2.05, 4.69) is 47.3 Å². The number of nitrogens with one attached hydrogen (secondary N) is 1. The first-order valence-electron chi connectivity index (χ1n) is 5.18. The van der Waals surface area contributed by atoms with Crippen LogP contribution in [0.3, 0.4) is 0 Å². The predicted molar refractivity (Wildman–Crippen MR) is 75.0 cm³/mol. The summed E-state index contributed by atoms with van der Waals surface area (Å²) in [5.41, 5.74) is 1.08. The van der Waals surface area contributed by atoms with E-state index in [0.717, 1.165) is 33.4 Å². The molecule has 17 heavy (non-hydrogen) atoms. The van der Waals surface area contributed by atoms with Crippen LogP contribution in [-0.2, 0) is 13.5 Å². The van der Waals surface area contributed by atoms with Crippen LogP contribution in [0.4, 0.5) is 5.82 Å². The molecule has 0 atom stereocenters. The smallest absolute Gasteiger partial charge is 0.140 e. The Labute approximate surface area is 117 Å². The minimum Gasteiger partial charge on any atom is -0.369 e. The summed E-state index contributed by atoms with van der Waals surface area (Å²) in [6.45, 7) is 0.810. The van der Waals surface area contributed by atoms with Crippen molar-refractivity contribution in [1.29, 1.82) is 0 Å². The molecule has 2 heterocycles. The van der Waals surface area contributed by atoms with Crippen LogP contribution in [0.5, 0.6) is 0 Å². The molecule has 0 unspecified atom stereocenters. The summed E-state index contributed by atoms with van der Waals surface area (Å²) < 4.78 is 3.72. The number of aromatic nitrogens is 3. The molecule has 0 aliphatic heterocycles. The van der Waals surface area contributed by atoms with E-state index in [1.807, 2.05) is 30.1 Å². The summed E-state index contributed by atoms with van der Waals surface area (Å²) in [6, 6.07) is 3.99. The Morgan fingerprint density at radius 2 is 2.24 bits per heavy atom. The normalized spacial score (nSPS) is 10.5. The van der Waals surface area contributed by atoms with Crippen LogP contribution >= 0.6 is 31.9 Å². The first-order valence-corrected chi connectivity index (χ1v) is 6.77. The predicted octanol–water partition coefficient (Wildman–Crippen LogP) is 2.99. The first-order chi connectivity index (χ1) is 8.15. The molecular formula is C11H12Br2N4. The Morgan fingerprint density at radius 1 is 1.41 bits per heavy atom. The van der Waals surface area contributed by atoms with Crippen molar-refractivity contribution in [3.05, 3.63) is 39.2 Å². The fourth-order valence-electron chi connectivity index (χ4n) is 1.45. The number of hydrogen-bond donors (Lipinski definition) is 1. The van der Waals surface area contributed by atoms with E-state index in [9.17, 15) is 0 Å². The Kier molecular flexibility index (Phi) is 4.17. The summed E-state index contributed by atoms with van der Waals surface area (Å²) in [4.78, 5) is 4.28. The number of hydrogen-bond acceptors (Lipinski definition) is 3. The van der Waals surface area contributed by atoms with Gasteiger partial charge in [0.25, 0.3) is 0 Å². The number of halogens is 2. The van der Waals surface area contributed by atoms with Gasteiger partial charge in [0.2, 0.25) is 0 Å². The molecule has 0 fully saturated rings. The second kappa shape index (κ2) is 5.64. The van der Waals surface area contributed by atoms with E-state index in [1.165, 1.54) is 0 Å². The Bertz CT molecular complexity index is 510. The molecule has 90 valence electrons. The largest absolute Gasteiger partial charge is 0.369 e. The Hall–Kier alpha value is -0.880. The molecule has 2 aromatic rings. The fraction of sp³-hybridized carbons (Fsp3) is 0.273. The molecule has 2 rings (SSSR count). The van der Waals surface area contributed by atoms with Crippen molar-refractivity contribution in [3.63, 3.8) is 0 Å². The fourth-order valence-corrected chi connectivity index (χ4v) is 2.58. The quantitative estimate of drug-likeness (QED) is 0.912. The highest BCUT2D eigenvalue weighted by Gasteiger charge is 2.02. The highest BCUT2D eigenvalue weighted by Crippen LogP contribution is 2.23. The molecule has 4 nitrogen and oxygen atoms in total. The van der Waals surface area contributed by atoms with E-state index >= 15 is 0 Å². The van der Waals surface area contributed by atoms with Gasteiger partial charge in [-0.25, -0.2) is 4.98 Å². The standard InChI is InChI=1S/C11H12Br2N4/c1-17-5-3-9(16-17)2-4-14-11-10(13)6-8(12)7-15-11/h3,5-7H,2,4H2,1H3,(H,14,15). The maximum Gasteiger partial charge on any atom is 0.140 e. The van der Waals surface area contributed by atoms with Gasteiger partial charge in [-0.1, -0.05) is 0 Å². The van der Waals surface area contributed by atoms with Crippen LogP contribution < -0.4 is 5.32 Å². The van der Waals surface area contributed by atoms with Gasteiger partial charge in [-0.05, 0) is 44.0 Å². The number of anilines is 1. The van der Waals surface area contributed by atoms with E-state index in [4.69, 9.17) is 0 Å². The van der Waals surface area contributed by atoms with Gasteiger partial charge in [-0.15, -0.1) is 0 Å². The zero-order valence-electron chi connectivity index (χ0n) is 9.32. The zero-order valence-corrected chi connectivity index (χ0v) is 12.5. The van der Waals surface area contributed by atoms with E-state index in [0.29, 0.717) is 0 Å². The third kappa shape index (κ3) is 3.54. The second-order valence-corrected chi connectivity index (χ2v) is 5.41. The SMILES string of the molecule is Cn1ccc(CCNc2ncc(Br)cc2Br)n1. The lowest BCUT2D eigenvalue weighted by atomic mass is 10.3. The molecule has 0 amide bonds. The van der Waals surface area contributed by atoms with Crippen molar-refractivity contribution in [1.82, 2.24) is 14.8 Å². The van der Waals surface area contributed by atoms with Gasteiger partial charge in [0.1, 0.15) is 5.82 Å². The average Bonchev–Trinajstić information content (AvgIpc) is 2.68. The molecular weight excluding hydrogens is 348 g/mol. The van der Waals surface area contributed by atoms with Gasteiger partial charge in [-0.2, -0.15) is 5.10 Å². The van der Waals surface area contributed by atoms with Crippen molar-refractivity contribution in [3.8, 4) is 0 Å². The minimum absolute atomic E-state index is 0.810. The molecule has 0 aromatic carbocycles. The number of pyridine rings is 1. The number of rotatable bonds is 4. The molecule has 0 saturated carbocycles. The van der Waals surface area contributed by atoms with E-state index < -0.39 is 0 Å². The van der Waals surface area contributed by atoms with Crippen molar-refractivity contribution in [2.45, 2.75) is 6.42 Å². The van der Waals surface area contributed by atoms with Crippen LogP contribution in [0.2, 0.25) is 0 Å². The summed E-state index contributed by atoms with van der Waals surface area (Å²) in [6.07, 6.45) is 4.60. The molecule has 2 aromatic heterocycles. The van der Waals surface area contributed by atoms with Crippen LogP contribution in [0.25, 0.3) is 0 Å². The topological polar surface area (TPSA) is 42.7 Å². The minimum atomic E-state index is 0.810. The molecule has 6 heteroatoms. The van der Waals surface area contributed by atoms with Gasteiger partial charge < -0.3 is 5.32 Å². The molecule has 0 aliphatic rings. The van der Waals surface area contributed by atoms with Gasteiger partial charge >= 0.3 is 0 Å². The summed E-state index contributed by atoms with van der Waals surface area (Å²) in [5, 5.41) is 7.59. The van der Waals surface area contributed by atoms with E-state index in [-0.39, 0.29) is 0 Å². The van der Waals surface area contributed by atoms with Crippen molar-refractivity contribution in [2.75, 3.05) is 11.9 Å². The Morgan fingerprint density at radius 3 is 2.88 bits per heavy atom. The summed E-state index contributed by atoms with van der Waals surface area (Å²) in [7, 11) is 1.92.